The Morgan fingerprint density at radius 3 is 3.00 bits per heavy atom. The SMILES string of the molecule is Clc1cccc(C[C@H]2CCON2)c1Cl. The Kier molecular flexibility index (Phi) is 3.29. The van der Waals surface area contributed by atoms with Crippen LogP contribution in [0, 0.1) is 0 Å². The minimum absolute atomic E-state index is 0.353. The molecule has 76 valence electrons. The third-order valence-electron chi connectivity index (χ3n) is 2.32. The highest BCUT2D eigenvalue weighted by Gasteiger charge is 2.17. The van der Waals surface area contributed by atoms with Crippen molar-refractivity contribution in [3.8, 4) is 0 Å². The maximum absolute atomic E-state index is 6.07. The van der Waals surface area contributed by atoms with E-state index in [0.29, 0.717) is 16.1 Å². The predicted octanol–water partition coefficient (Wildman–Crippen LogP) is 2.83. The van der Waals surface area contributed by atoms with Crippen LogP contribution in [0.4, 0.5) is 0 Å². The van der Waals surface area contributed by atoms with Crippen molar-refractivity contribution >= 4 is 23.2 Å². The largest absolute Gasteiger partial charge is 0.301 e. The molecule has 1 aromatic carbocycles. The molecule has 1 atom stereocenters. The fourth-order valence-electron chi connectivity index (χ4n) is 1.55. The van der Waals surface area contributed by atoms with Crippen LogP contribution in [-0.4, -0.2) is 12.6 Å². The topological polar surface area (TPSA) is 21.3 Å². The van der Waals surface area contributed by atoms with E-state index < -0.39 is 0 Å². The van der Waals surface area contributed by atoms with Gasteiger partial charge in [-0.25, -0.2) is 0 Å². The maximum Gasteiger partial charge on any atom is 0.0698 e. The molecular formula is C10H11Cl2NO. The van der Waals surface area contributed by atoms with Crippen LogP contribution in [0.3, 0.4) is 0 Å². The van der Waals surface area contributed by atoms with E-state index in [0.717, 1.165) is 25.0 Å². The predicted molar refractivity (Wildman–Crippen MR) is 57.7 cm³/mol. The second kappa shape index (κ2) is 4.49. The number of hydrogen-bond donors (Lipinski definition) is 1. The summed E-state index contributed by atoms with van der Waals surface area (Å²) in [7, 11) is 0. The van der Waals surface area contributed by atoms with Gasteiger partial charge in [0.25, 0.3) is 0 Å². The number of hydrogen-bond acceptors (Lipinski definition) is 2. The number of halogens is 2. The van der Waals surface area contributed by atoms with Gasteiger partial charge in [0.05, 0.1) is 16.7 Å². The lowest BCUT2D eigenvalue weighted by molar-refractivity contribution is 0.0883. The zero-order valence-corrected chi connectivity index (χ0v) is 9.11. The molecule has 0 bridgehead atoms. The number of hydroxylamine groups is 1. The van der Waals surface area contributed by atoms with Crippen LogP contribution in [0.2, 0.25) is 10.0 Å². The molecule has 1 N–H and O–H groups in total. The van der Waals surface area contributed by atoms with Crippen LogP contribution in [-0.2, 0) is 11.3 Å². The van der Waals surface area contributed by atoms with E-state index in [1.807, 2.05) is 12.1 Å². The van der Waals surface area contributed by atoms with Crippen molar-refractivity contribution in [3.05, 3.63) is 33.8 Å². The molecule has 2 nitrogen and oxygen atoms in total. The summed E-state index contributed by atoms with van der Waals surface area (Å²) in [6, 6.07) is 6.06. The van der Waals surface area contributed by atoms with Gasteiger partial charge in [-0.1, -0.05) is 35.3 Å². The molecular weight excluding hydrogens is 221 g/mol. The van der Waals surface area contributed by atoms with Crippen molar-refractivity contribution in [3.63, 3.8) is 0 Å². The Morgan fingerprint density at radius 1 is 1.43 bits per heavy atom. The summed E-state index contributed by atoms with van der Waals surface area (Å²) in [6.07, 6.45) is 1.88. The smallest absolute Gasteiger partial charge is 0.0698 e. The lowest BCUT2D eigenvalue weighted by atomic mass is 10.0. The van der Waals surface area contributed by atoms with Gasteiger partial charge in [-0.05, 0) is 24.5 Å². The quantitative estimate of drug-likeness (QED) is 0.846. The molecule has 0 radical (unpaired) electrons. The van der Waals surface area contributed by atoms with Gasteiger partial charge in [-0.2, -0.15) is 5.48 Å². The van der Waals surface area contributed by atoms with Crippen LogP contribution >= 0.6 is 23.2 Å². The van der Waals surface area contributed by atoms with Crippen molar-refractivity contribution < 1.29 is 4.84 Å². The van der Waals surface area contributed by atoms with Gasteiger partial charge >= 0.3 is 0 Å². The van der Waals surface area contributed by atoms with E-state index >= 15 is 0 Å². The van der Waals surface area contributed by atoms with E-state index in [1.165, 1.54) is 0 Å². The van der Waals surface area contributed by atoms with E-state index in [9.17, 15) is 0 Å². The summed E-state index contributed by atoms with van der Waals surface area (Å²) in [5.41, 5.74) is 4.02. The van der Waals surface area contributed by atoms with Gasteiger partial charge < -0.3 is 4.84 Å². The van der Waals surface area contributed by atoms with Crippen molar-refractivity contribution in [1.82, 2.24) is 5.48 Å². The van der Waals surface area contributed by atoms with Crippen molar-refractivity contribution in [1.29, 1.82) is 0 Å². The summed E-state index contributed by atoms with van der Waals surface area (Å²) in [5.74, 6) is 0. The van der Waals surface area contributed by atoms with E-state index in [4.69, 9.17) is 28.0 Å². The second-order valence-corrected chi connectivity index (χ2v) is 4.15. The Labute approximate surface area is 93.1 Å². The lowest BCUT2D eigenvalue weighted by Crippen LogP contribution is -2.22. The molecule has 1 fully saturated rings. The van der Waals surface area contributed by atoms with Crippen molar-refractivity contribution in [2.24, 2.45) is 0 Å². The Bertz CT molecular complexity index is 324. The molecule has 0 spiro atoms. The third-order valence-corrected chi connectivity index (χ3v) is 3.17. The fourth-order valence-corrected chi connectivity index (χ4v) is 1.95. The summed E-state index contributed by atoms with van der Waals surface area (Å²) in [6.45, 7) is 0.767. The molecule has 4 heteroatoms. The molecule has 0 unspecified atom stereocenters. The van der Waals surface area contributed by atoms with Crippen molar-refractivity contribution in [2.45, 2.75) is 18.9 Å². The zero-order chi connectivity index (χ0) is 9.97. The monoisotopic (exact) mass is 231 g/mol. The average Bonchev–Trinajstić information content (AvgIpc) is 2.66. The third kappa shape index (κ3) is 2.20. The number of rotatable bonds is 2. The first kappa shape index (κ1) is 10.2. The normalized spacial score (nSPS) is 21.4. The van der Waals surface area contributed by atoms with E-state index in [-0.39, 0.29) is 0 Å². The first-order valence-corrected chi connectivity index (χ1v) is 5.33. The minimum Gasteiger partial charge on any atom is -0.301 e. The Balaban J connectivity index is 2.11. The molecule has 1 saturated heterocycles. The highest BCUT2D eigenvalue weighted by atomic mass is 35.5. The molecule has 1 aliphatic heterocycles. The van der Waals surface area contributed by atoms with Crippen LogP contribution in [0.1, 0.15) is 12.0 Å². The van der Waals surface area contributed by atoms with E-state index in [1.54, 1.807) is 6.07 Å². The number of benzene rings is 1. The molecule has 1 aliphatic rings. The molecule has 0 amide bonds. The fraction of sp³-hybridized carbons (Fsp3) is 0.400. The zero-order valence-electron chi connectivity index (χ0n) is 7.59. The average molecular weight is 232 g/mol. The molecule has 14 heavy (non-hydrogen) atoms. The van der Waals surface area contributed by atoms with Crippen LogP contribution in [0.25, 0.3) is 0 Å². The van der Waals surface area contributed by atoms with Gasteiger partial charge in [0, 0.05) is 6.04 Å². The van der Waals surface area contributed by atoms with Crippen LogP contribution in [0.15, 0.2) is 18.2 Å². The Hall–Kier alpha value is -0.280. The van der Waals surface area contributed by atoms with E-state index in [2.05, 4.69) is 5.48 Å². The molecule has 0 aromatic heterocycles. The highest BCUT2D eigenvalue weighted by molar-refractivity contribution is 6.42. The van der Waals surface area contributed by atoms with Gasteiger partial charge in [0.1, 0.15) is 0 Å². The standard InChI is InChI=1S/C10H11Cl2NO/c11-9-3-1-2-7(10(9)12)6-8-4-5-14-13-8/h1-3,8,13H,4-6H2/t8-/m1/s1. The van der Waals surface area contributed by atoms with Crippen LogP contribution in [0.5, 0.6) is 0 Å². The van der Waals surface area contributed by atoms with Gasteiger partial charge in [-0.15, -0.1) is 0 Å². The second-order valence-electron chi connectivity index (χ2n) is 3.37. The summed E-state index contributed by atoms with van der Waals surface area (Å²) >= 11 is 12.0. The first-order chi connectivity index (χ1) is 6.77. The lowest BCUT2D eigenvalue weighted by Gasteiger charge is -2.10. The van der Waals surface area contributed by atoms with Crippen molar-refractivity contribution in [2.75, 3.05) is 6.61 Å². The number of nitrogens with one attached hydrogen (secondary N) is 1. The Morgan fingerprint density at radius 2 is 2.29 bits per heavy atom. The molecule has 2 rings (SSSR count). The molecule has 1 heterocycles. The van der Waals surface area contributed by atoms with Gasteiger partial charge in [0.2, 0.25) is 0 Å². The highest BCUT2D eigenvalue weighted by Crippen LogP contribution is 2.27. The molecule has 0 saturated carbocycles. The first-order valence-electron chi connectivity index (χ1n) is 4.57. The molecule has 0 aliphatic carbocycles. The van der Waals surface area contributed by atoms with Gasteiger partial charge in [0.15, 0.2) is 0 Å². The summed E-state index contributed by atoms with van der Waals surface area (Å²) < 4.78 is 0. The van der Waals surface area contributed by atoms with Gasteiger partial charge in [-0.3, -0.25) is 0 Å². The summed E-state index contributed by atoms with van der Waals surface area (Å²) in [5, 5.41) is 1.27. The maximum atomic E-state index is 6.07. The summed E-state index contributed by atoms with van der Waals surface area (Å²) in [4.78, 5) is 5.07. The molecule has 1 aromatic rings. The minimum atomic E-state index is 0.353. The van der Waals surface area contributed by atoms with Crippen LogP contribution < -0.4 is 5.48 Å².